The highest BCUT2D eigenvalue weighted by Crippen LogP contribution is 2.17. The molecule has 0 aliphatic carbocycles. The summed E-state index contributed by atoms with van der Waals surface area (Å²) in [5.74, 6) is -0.496. The third-order valence-electron chi connectivity index (χ3n) is 3.89. The zero-order valence-corrected chi connectivity index (χ0v) is 15.1. The fourth-order valence-electron chi connectivity index (χ4n) is 2.60. The lowest BCUT2D eigenvalue weighted by Gasteiger charge is -2.09. The van der Waals surface area contributed by atoms with Crippen LogP contribution in [0.2, 0.25) is 0 Å². The van der Waals surface area contributed by atoms with Crippen molar-refractivity contribution in [3.8, 4) is 5.69 Å². The molecule has 0 fully saturated rings. The first-order valence-electron chi connectivity index (χ1n) is 8.38. The highest BCUT2D eigenvalue weighted by atomic mass is 16.5. The van der Waals surface area contributed by atoms with Crippen molar-refractivity contribution in [3.05, 3.63) is 72.1 Å². The summed E-state index contributed by atoms with van der Waals surface area (Å²) in [6.45, 7) is 1.94. The van der Waals surface area contributed by atoms with E-state index < -0.39 is 0 Å². The molecule has 0 spiro atoms. The third kappa shape index (κ3) is 4.59. The molecular formula is C20H20N4O3. The van der Waals surface area contributed by atoms with Gasteiger partial charge in [0.1, 0.15) is 6.61 Å². The fourth-order valence-corrected chi connectivity index (χ4v) is 2.60. The number of hydrogen-bond acceptors (Lipinski definition) is 4. The fraction of sp³-hybridized carbons (Fsp3) is 0.150. The summed E-state index contributed by atoms with van der Waals surface area (Å²) in [5, 5.41) is 9.77. The van der Waals surface area contributed by atoms with Gasteiger partial charge in [0.15, 0.2) is 0 Å². The summed E-state index contributed by atoms with van der Waals surface area (Å²) in [4.78, 5) is 24.1. The van der Waals surface area contributed by atoms with Crippen molar-refractivity contribution in [2.24, 2.45) is 0 Å². The Morgan fingerprint density at radius 1 is 1.04 bits per heavy atom. The first-order chi connectivity index (χ1) is 13.1. The zero-order valence-electron chi connectivity index (χ0n) is 15.1. The van der Waals surface area contributed by atoms with Crippen LogP contribution in [-0.4, -0.2) is 35.3 Å². The van der Waals surface area contributed by atoms with E-state index in [4.69, 9.17) is 4.74 Å². The molecule has 0 radical (unpaired) electrons. The maximum atomic E-state index is 12.5. The second-order valence-corrected chi connectivity index (χ2v) is 5.95. The quantitative estimate of drug-likeness (QED) is 0.704. The van der Waals surface area contributed by atoms with Crippen LogP contribution in [0.3, 0.4) is 0 Å². The molecule has 1 aromatic heterocycles. The molecule has 27 heavy (non-hydrogen) atoms. The van der Waals surface area contributed by atoms with Gasteiger partial charge in [0.05, 0.1) is 5.69 Å². The molecule has 0 aliphatic heterocycles. The van der Waals surface area contributed by atoms with E-state index in [1.807, 2.05) is 25.1 Å². The number of hydrogen-bond donors (Lipinski definition) is 2. The molecule has 7 nitrogen and oxygen atoms in total. The number of nitrogens with one attached hydrogen (secondary N) is 2. The molecule has 0 aliphatic rings. The number of aromatic nitrogens is 2. The standard InChI is InChI=1S/C20H20N4O3/c1-14-10-11-21-24(14)18-8-6-15(7-9-18)20(26)23-17-5-3-4-16(12-17)22-19(25)13-27-2/h3-12H,13H2,1-2H3,(H,22,25)(H,23,26). The number of methoxy groups -OCH3 is 1. The van der Waals surface area contributed by atoms with Crippen LogP contribution < -0.4 is 10.6 Å². The summed E-state index contributed by atoms with van der Waals surface area (Å²) in [7, 11) is 1.45. The van der Waals surface area contributed by atoms with Gasteiger partial charge in [0.25, 0.3) is 5.91 Å². The van der Waals surface area contributed by atoms with Gasteiger partial charge in [-0.2, -0.15) is 5.10 Å². The number of carbonyl (C=O) groups excluding carboxylic acids is 2. The monoisotopic (exact) mass is 364 g/mol. The van der Waals surface area contributed by atoms with Crippen LogP contribution in [0, 0.1) is 6.92 Å². The number of nitrogens with zero attached hydrogens (tertiary/aromatic N) is 2. The Hall–Kier alpha value is -3.45. The topological polar surface area (TPSA) is 85.3 Å². The molecule has 0 atom stereocenters. The number of carbonyl (C=O) groups is 2. The first kappa shape index (κ1) is 18.3. The van der Waals surface area contributed by atoms with Crippen LogP contribution in [-0.2, 0) is 9.53 Å². The van der Waals surface area contributed by atoms with Crippen LogP contribution in [0.5, 0.6) is 0 Å². The Morgan fingerprint density at radius 3 is 2.37 bits per heavy atom. The second-order valence-electron chi connectivity index (χ2n) is 5.95. The Labute approximate surface area is 157 Å². The van der Waals surface area contributed by atoms with E-state index in [-0.39, 0.29) is 18.4 Å². The van der Waals surface area contributed by atoms with Crippen molar-refractivity contribution in [1.29, 1.82) is 0 Å². The van der Waals surface area contributed by atoms with Crippen molar-refractivity contribution in [3.63, 3.8) is 0 Å². The molecule has 1 heterocycles. The number of rotatable bonds is 6. The number of benzene rings is 2. The molecule has 0 bridgehead atoms. The van der Waals surface area contributed by atoms with E-state index >= 15 is 0 Å². The predicted molar refractivity (Wildman–Crippen MR) is 103 cm³/mol. The Bertz CT molecular complexity index is 948. The summed E-state index contributed by atoms with van der Waals surface area (Å²) in [6.07, 6.45) is 1.73. The molecule has 0 unspecified atom stereocenters. The average molecular weight is 364 g/mol. The van der Waals surface area contributed by atoms with E-state index in [1.54, 1.807) is 47.3 Å². The van der Waals surface area contributed by atoms with Crippen molar-refractivity contribution in [1.82, 2.24) is 9.78 Å². The Morgan fingerprint density at radius 2 is 1.74 bits per heavy atom. The molecule has 7 heteroatoms. The largest absolute Gasteiger partial charge is 0.375 e. The maximum Gasteiger partial charge on any atom is 0.255 e. The molecule has 0 saturated carbocycles. The first-order valence-corrected chi connectivity index (χ1v) is 8.38. The second kappa shape index (κ2) is 8.29. The van der Waals surface area contributed by atoms with E-state index in [9.17, 15) is 9.59 Å². The molecule has 138 valence electrons. The van der Waals surface area contributed by atoms with Gasteiger partial charge in [-0.3, -0.25) is 9.59 Å². The van der Waals surface area contributed by atoms with Gasteiger partial charge in [-0.25, -0.2) is 4.68 Å². The minimum absolute atomic E-state index is 0.0291. The van der Waals surface area contributed by atoms with E-state index in [0.29, 0.717) is 16.9 Å². The lowest BCUT2D eigenvalue weighted by molar-refractivity contribution is -0.119. The molecular weight excluding hydrogens is 344 g/mol. The molecule has 2 N–H and O–H groups in total. The van der Waals surface area contributed by atoms with Gasteiger partial charge in [-0.05, 0) is 55.5 Å². The van der Waals surface area contributed by atoms with Crippen LogP contribution in [0.4, 0.5) is 11.4 Å². The van der Waals surface area contributed by atoms with Crippen LogP contribution >= 0.6 is 0 Å². The molecule has 3 rings (SSSR count). The summed E-state index contributed by atoms with van der Waals surface area (Å²) < 4.78 is 6.58. The van der Waals surface area contributed by atoms with E-state index in [1.165, 1.54) is 7.11 Å². The number of anilines is 2. The van der Waals surface area contributed by atoms with E-state index in [2.05, 4.69) is 15.7 Å². The normalized spacial score (nSPS) is 10.4. The van der Waals surface area contributed by atoms with Crippen molar-refractivity contribution < 1.29 is 14.3 Å². The molecule has 2 amide bonds. The van der Waals surface area contributed by atoms with Crippen molar-refractivity contribution in [2.75, 3.05) is 24.4 Å². The zero-order chi connectivity index (χ0) is 19.2. The van der Waals surface area contributed by atoms with Gasteiger partial charge in [-0.1, -0.05) is 6.07 Å². The van der Waals surface area contributed by atoms with E-state index in [0.717, 1.165) is 11.4 Å². The number of aryl methyl sites for hydroxylation is 1. The minimum atomic E-state index is -0.259. The minimum Gasteiger partial charge on any atom is -0.375 e. The summed E-state index contributed by atoms with van der Waals surface area (Å²) in [6, 6.07) is 16.0. The lowest BCUT2D eigenvalue weighted by Crippen LogP contribution is -2.17. The predicted octanol–water partition coefficient (Wildman–Crippen LogP) is 3.02. The summed E-state index contributed by atoms with van der Waals surface area (Å²) in [5.41, 5.74) is 3.59. The van der Waals surface area contributed by atoms with Gasteiger partial charge < -0.3 is 15.4 Å². The smallest absolute Gasteiger partial charge is 0.255 e. The molecule has 3 aromatic rings. The summed E-state index contributed by atoms with van der Waals surface area (Å²) >= 11 is 0. The Kier molecular flexibility index (Phi) is 5.63. The Balaban J connectivity index is 1.68. The average Bonchev–Trinajstić information content (AvgIpc) is 3.08. The lowest BCUT2D eigenvalue weighted by atomic mass is 10.2. The van der Waals surface area contributed by atoms with Crippen molar-refractivity contribution >= 4 is 23.2 Å². The van der Waals surface area contributed by atoms with Gasteiger partial charge >= 0.3 is 0 Å². The highest BCUT2D eigenvalue weighted by Gasteiger charge is 2.09. The maximum absolute atomic E-state index is 12.5. The van der Waals surface area contributed by atoms with Crippen LogP contribution in [0.15, 0.2) is 60.8 Å². The number of amides is 2. The van der Waals surface area contributed by atoms with Crippen molar-refractivity contribution in [2.45, 2.75) is 6.92 Å². The van der Waals surface area contributed by atoms with Gasteiger partial charge in [-0.15, -0.1) is 0 Å². The SMILES string of the molecule is COCC(=O)Nc1cccc(NC(=O)c2ccc(-n3nccc3C)cc2)c1. The third-order valence-corrected chi connectivity index (χ3v) is 3.89. The van der Waals surface area contributed by atoms with Gasteiger partial charge in [0, 0.05) is 35.9 Å². The van der Waals surface area contributed by atoms with Crippen LogP contribution in [0.1, 0.15) is 16.1 Å². The number of ether oxygens (including phenoxy) is 1. The molecule has 2 aromatic carbocycles. The van der Waals surface area contributed by atoms with Crippen LogP contribution in [0.25, 0.3) is 5.69 Å². The van der Waals surface area contributed by atoms with Gasteiger partial charge in [0.2, 0.25) is 5.91 Å². The molecule has 0 saturated heterocycles. The highest BCUT2D eigenvalue weighted by molar-refractivity contribution is 6.04.